The second kappa shape index (κ2) is 9.57. The lowest BCUT2D eigenvalue weighted by Gasteiger charge is -2.07. The summed E-state index contributed by atoms with van der Waals surface area (Å²) in [5, 5.41) is 0. The van der Waals surface area contributed by atoms with Crippen LogP contribution < -0.4 is 0 Å². The molecule has 1 rings (SSSR count). The largest absolute Gasteiger partial charge is 0.461 e. The van der Waals surface area contributed by atoms with Crippen molar-refractivity contribution in [3.05, 3.63) is 41.8 Å². The van der Waals surface area contributed by atoms with Gasteiger partial charge in [0.1, 0.15) is 6.61 Å². The smallest absolute Gasteiger partial charge is 0.306 e. The number of carbonyl (C=O) groups excluding carboxylic acids is 1. The van der Waals surface area contributed by atoms with E-state index >= 15 is 0 Å². The van der Waals surface area contributed by atoms with Crippen molar-refractivity contribution in [1.82, 2.24) is 0 Å². The maximum Gasteiger partial charge on any atom is 0.306 e. The fraction of sp³-hybridized carbons (Fsp3) is 0.556. The summed E-state index contributed by atoms with van der Waals surface area (Å²) in [5.41, 5.74) is 3.49. The summed E-state index contributed by atoms with van der Waals surface area (Å²) >= 11 is 0. The normalized spacial score (nSPS) is 10.6. The highest BCUT2D eigenvalue weighted by molar-refractivity contribution is 5.69. The van der Waals surface area contributed by atoms with Gasteiger partial charge in [0, 0.05) is 6.42 Å². The molecule has 0 aliphatic carbocycles. The molecule has 0 aromatic heterocycles. The Morgan fingerprint density at radius 3 is 2.25 bits per heavy atom. The minimum atomic E-state index is -0.0821. The van der Waals surface area contributed by atoms with Crippen molar-refractivity contribution >= 4 is 5.97 Å². The maximum atomic E-state index is 11.6. The number of benzene rings is 1. The van der Waals surface area contributed by atoms with Crippen LogP contribution >= 0.6 is 0 Å². The third kappa shape index (κ3) is 7.32. The molecule has 0 N–H and O–H groups in total. The summed E-state index contributed by atoms with van der Waals surface area (Å²) in [6, 6.07) is 6.26. The van der Waals surface area contributed by atoms with E-state index in [-0.39, 0.29) is 5.97 Å². The molecule has 0 spiro atoms. The molecule has 1 radical (unpaired) electrons. The van der Waals surface area contributed by atoms with Crippen molar-refractivity contribution in [2.75, 3.05) is 0 Å². The molecule has 2 nitrogen and oxygen atoms in total. The molecule has 0 aliphatic heterocycles. The average Bonchev–Trinajstić information content (AvgIpc) is 2.39. The van der Waals surface area contributed by atoms with Gasteiger partial charge >= 0.3 is 5.97 Å². The molecule has 20 heavy (non-hydrogen) atoms. The van der Waals surface area contributed by atoms with Crippen LogP contribution in [0.25, 0.3) is 0 Å². The summed E-state index contributed by atoms with van der Waals surface area (Å²) in [6.45, 7) is 8.33. The predicted octanol–water partition coefficient (Wildman–Crippen LogP) is 4.91. The minimum absolute atomic E-state index is 0.0821. The molecule has 0 heterocycles. The fourth-order valence-corrected chi connectivity index (χ4v) is 2.36. The van der Waals surface area contributed by atoms with Crippen molar-refractivity contribution in [2.24, 2.45) is 0 Å². The van der Waals surface area contributed by atoms with Crippen molar-refractivity contribution in [3.63, 3.8) is 0 Å². The average molecular weight is 275 g/mol. The molecule has 1 aromatic rings. The molecule has 2 heteroatoms. The summed E-state index contributed by atoms with van der Waals surface area (Å²) in [5.74, 6) is -0.0821. The van der Waals surface area contributed by atoms with Crippen molar-refractivity contribution in [3.8, 4) is 0 Å². The molecule has 0 atom stereocenters. The van der Waals surface area contributed by atoms with Crippen LogP contribution in [0.5, 0.6) is 0 Å². The number of esters is 1. The van der Waals surface area contributed by atoms with Gasteiger partial charge in [-0.05, 0) is 25.8 Å². The zero-order chi connectivity index (χ0) is 14.8. The molecule has 0 bridgehead atoms. The first-order chi connectivity index (χ1) is 9.61. The van der Waals surface area contributed by atoms with Gasteiger partial charge in [-0.2, -0.15) is 0 Å². The van der Waals surface area contributed by atoms with Crippen LogP contribution in [0.15, 0.2) is 18.2 Å². The van der Waals surface area contributed by atoms with E-state index in [0.29, 0.717) is 13.0 Å². The number of carbonyl (C=O) groups is 1. The Morgan fingerprint density at radius 2 is 1.60 bits per heavy atom. The van der Waals surface area contributed by atoms with Gasteiger partial charge in [-0.25, -0.2) is 0 Å². The standard InChI is InChI=1S/C18H27O2/c1-4-5-6-7-8-9-10-18(19)20-14-17-12-15(2)11-16(3)13-17/h11-13H,1,4-10,14H2,2-3H3. The number of aryl methyl sites for hydroxylation is 2. The summed E-state index contributed by atoms with van der Waals surface area (Å²) in [6.07, 6.45) is 7.20. The molecule has 111 valence electrons. The Hall–Kier alpha value is -1.31. The van der Waals surface area contributed by atoms with E-state index in [1.54, 1.807) is 0 Å². The zero-order valence-electron chi connectivity index (χ0n) is 12.9. The molecule has 0 saturated heterocycles. The monoisotopic (exact) mass is 275 g/mol. The lowest BCUT2D eigenvalue weighted by molar-refractivity contribution is -0.145. The lowest BCUT2D eigenvalue weighted by Crippen LogP contribution is -2.04. The van der Waals surface area contributed by atoms with Crippen LogP contribution in [-0.4, -0.2) is 5.97 Å². The Labute approximate surface area is 123 Å². The Bertz CT molecular complexity index is 390. The minimum Gasteiger partial charge on any atom is -0.461 e. The third-order valence-corrected chi connectivity index (χ3v) is 3.31. The first-order valence-corrected chi connectivity index (χ1v) is 7.64. The number of rotatable bonds is 9. The third-order valence-electron chi connectivity index (χ3n) is 3.31. The Kier molecular flexibility index (Phi) is 8.01. The predicted molar refractivity (Wildman–Crippen MR) is 83.4 cm³/mol. The van der Waals surface area contributed by atoms with Gasteiger partial charge in [-0.15, -0.1) is 0 Å². The van der Waals surface area contributed by atoms with E-state index in [0.717, 1.165) is 24.8 Å². The molecule has 0 fully saturated rings. The van der Waals surface area contributed by atoms with E-state index in [1.165, 1.54) is 30.4 Å². The van der Waals surface area contributed by atoms with Crippen molar-refractivity contribution < 1.29 is 9.53 Å². The number of hydrogen-bond donors (Lipinski definition) is 0. The van der Waals surface area contributed by atoms with Crippen LogP contribution in [0.3, 0.4) is 0 Å². The fourth-order valence-electron chi connectivity index (χ4n) is 2.36. The lowest BCUT2D eigenvalue weighted by atomic mass is 10.1. The van der Waals surface area contributed by atoms with Gasteiger partial charge in [0.25, 0.3) is 0 Å². The highest BCUT2D eigenvalue weighted by Crippen LogP contribution is 2.11. The second-order valence-corrected chi connectivity index (χ2v) is 5.53. The second-order valence-electron chi connectivity index (χ2n) is 5.53. The zero-order valence-corrected chi connectivity index (χ0v) is 12.9. The summed E-state index contributed by atoms with van der Waals surface area (Å²) in [4.78, 5) is 11.6. The van der Waals surface area contributed by atoms with E-state index in [9.17, 15) is 4.79 Å². The van der Waals surface area contributed by atoms with Crippen LogP contribution in [0.4, 0.5) is 0 Å². The quantitative estimate of drug-likeness (QED) is 0.473. The van der Waals surface area contributed by atoms with Gasteiger partial charge in [-0.1, -0.05) is 68.4 Å². The molecule has 0 amide bonds. The maximum absolute atomic E-state index is 11.6. The van der Waals surface area contributed by atoms with Crippen LogP contribution in [0, 0.1) is 20.8 Å². The van der Waals surface area contributed by atoms with Gasteiger partial charge in [0.15, 0.2) is 0 Å². The van der Waals surface area contributed by atoms with Gasteiger partial charge in [0.2, 0.25) is 0 Å². The molecular weight excluding hydrogens is 248 g/mol. The van der Waals surface area contributed by atoms with E-state index in [2.05, 4.69) is 39.0 Å². The van der Waals surface area contributed by atoms with Crippen LogP contribution in [0.1, 0.15) is 61.6 Å². The van der Waals surface area contributed by atoms with Gasteiger partial charge in [0.05, 0.1) is 0 Å². The van der Waals surface area contributed by atoms with Gasteiger partial charge in [-0.3, -0.25) is 4.79 Å². The number of hydrogen-bond acceptors (Lipinski definition) is 2. The topological polar surface area (TPSA) is 26.3 Å². The summed E-state index contributed by atoms with van der Waals surface area (Å²) < 4.78 is 5.32. The van der Waals surface area contributed by atoms with E-state index < -0.39 is 0 Å². The Morgan fingerprint density at radius 1 is 1.00 bits per heavy atom. The van der Waals surface area contributed by atoms with Crippen molar-refractivity contribution in [1.29, 1.82) is 0 Å². The highest BCUT2D eigenvalue weighted by atomic mass is 16.5. The number of ether oxygens (including phenoxy) is 1. The van der Waals surface area contributed by atoms with Crippen LogP contribution in [0.2, 0.25) is 0 Å². The first-order valence-electron chi connectivity index (χ1n) is 7.64. The molecule has 1 aromatic carbocycles. The molecular formula is C18H27O2. The van der Waals surface area contributed by atoms with Crippen LogP contribution in [-0.2, 0) is 16.1 Å². The SMILES string of the molecule is [CH2]CCCCCCCC(=O)OCc1cc(C)cc(C)c1. The van der Waals surface area contributed by atoms with E-state index in [1.807, 2.05) is 0 Å². The highest BCUT2D eigenvalue weighted by Gasteiger charge is 2.04. The molecule has 0 unspecified atom stereocenters. The molecule has 0 saturated carbocycles. The van der Waals surface area contributed by atoms with Gasteiger partial charge < -0.3 is 4.74 Å². The van der Waals surface area contributed by atoms with Crippen molar-refractivity contribution in [2.45, 2.75) is 65.4 Å². The number of unbranched alkanes of at least 4 members (excludes halogenated alkanes) is 5. The Balaban J connectivity index is 2.16. The molecule has 0 aliphatic rings. The van der Waals surface area contributed by atoms with E-state index in [4.69, 9.17) is 4.74 Å². The summed E-state index contributed by atoms with van der Waals surface area (Å²) in [7, 11) is 0. The first kappa shape index (κ1) is 16.7.